The molecule has 0 aliphatic heterocycles. The summed E-state index contributed by atoms with van der Waals surface area (Å²) in [5.74, 6) is 0.0952. The smallest absolute Gasteiger partial charge is 0.244 e. The van der Waals surface area contributed by atoms with Gasteiger partial charge in [0, 0.05) is 24.0 Å². The van der Waals surface area contributed by atoms with Gasteiger partial charge in [-0.15, -0.1) is 11.3 Å². The first kappa shape index (κ1) is 15.5. The summed E-state index contributed by atoms with van der Waals surface area (Å²) >= 11 is 4.68. The highest BCUT2D eigenvalue weighted by atomic mass is 79.9. The van der Waals surface area contributed by atoms with E-state index < -0.39 is 10.0 Å². The molecule has 7 heteroatoms. The normalized spacial score (nSPS) is 12.0. The minimum Gasteiger partial charge on any atom is -0.508 e. The van der Waals surface area contributed by atoms with Crippen LogP contribution in [0.1, 0.15) is 10.4 Å². The summed E-state index contributed by atoms with van der Waals surface area (Å²) < 4.78 is 27.0. The Morgan fingerprint density at radius 2 is 2.00 bits per heavy atom. The molecule has 0 unspecified atom stereocenters. The van der Waals surface area contributed by atoms with Crippen LogP contribution in [0.15, 0.2) is 39.0 Å². The minimum absolute atomic E-state index is 0.0952. The van der Waals surface area contributed by atoms with Crippen molar-refractivity contribution in [3.05, 3.63) is 44.6 Å². The molecule has 0 aliphatic rings. The van der Waals surface area contributed by atoms with E-state index in [1.807, 2.05) is 0 Å². The van der Waals surface area contributed by atoms with Gasteiger partial charge in [0.05, 0.1) is 8.68 Å². The number of para-hydroxylation sites is 1. The summed E-state index contributed by atoms with van der Waals surface area (Å²) in [6, 6.07) is 8.33. The fourth-order valence-corrected chi connectivity index (χ4v) is 5.35. The second-order valence-corrected chi connectivity index (χ2v) is 9.01. The standard InChI is InChI=1S/C13H14BrNO3S2/c1-9-12(7-13(14)19-9)20(17,18)15(2)8-10-5-3-4-6-11(10)16/h3-7,16H,8H2,1-2H3. The first-order valence-corrected chi connectivity index (χ1v) is 8.86. The van der Waals surface area contributed by atoms with Crippen molar-refractivity contribution in [2.75, 3.05) is 7.05 Å². The number of halogens is 1. The molecule has 0 amide bonds. The van der Waals surface area contributed by atoms with Crippen LogP contribution in [0.2, 0.25) is 0 Å². The van der Waals surface area contributed by atoms with Crippen molar-refractivity contribution in [1.82, 2.24) is 4.31 Å². The van der Waals surface area contributed by atoms with Gasteiger partial charge in [-0.2, -0.15) is 4.31 Å². The van der Waals surface area contributed by atoms with E-state index in [1.54, 1.807) is 37.3 Å². The van der Waals surface area contributed by atoms with Crippen LogP contribution in [-0.4, -0.2) is 24.9 Å². The van der Waals surface area contributed by atoms with Gasteiger partial charge in [0.1, 0.15) is 5.75 Å². The highest BCUT2D eigenvalue weighted by Crippen LogP contribution is 2.32. The molecule has 20 heavy (non-hydrogen) atoms. The summed E-state index contributed by atoms with van der Waals surface area (Å²) in [7, 11) is -2.05. The van der Waals surface area contributed by atoms with E-state index in [0.29, 0.717) is 10.5 Å². The summed E-state index contributed by atoms with van der Waals surface area (Å²) in [6.07, 6.45) is 0. The Balaban J connectivity index is 2.31. The van der Waals surface area contributed by atoms with Gasteiger partial charge in [-0.3, -0.25) is 0 Å². The number of thiophene rings is 1. The third-order valence-corrected chi connectivity index (χ3v) is 6.53. The highest BCUT2D eigenvalue weighted by Gasteiger charge is 2.25. The molecule has 1 N–H and O–H groups in total. The maximum Gasteiger partial charge on any atom is 0.244 e. The number of nitrogens with zero attached hydrogens (tertiary/aromatic N) is 1. The number of phenolic OH excluding ortho intramolecular Hbond substituents is 1. The summed E-state index contributed by atoms with van der Waals surface area (Å²) in [5.41, 5.74) is 0.575. The zero-order valence-electron chi connectivity index (χ0n) is 11.0. The van der Waals surface area contributed by atoms with Crippen LogP contribution in [0.4, 0.5) is 0 Å². The highest BCUT2D eigenvalue weighted by molar-refractivity contribution is 9.11. The molecule has 1 aromatic heterocycles. The molecule has 0 spiro atoms. The third-order valence-electron chi connectivity index (χ3n) is 2.92. The average Bonchev–Trinajstić information content (AvgIpc) is 2.72. The molecule has 0 fully saturated rings. The van der Waals surface area contributed by atoms with Crippen LogP contribution in [-0.2, 0) is 16.6 Å². The molecule has 2 rings (SSSR count). The van der Waals surface area contributed by atoms with Crippen molar-refractivity contribution in [3.8, 4) is 5.75 Å². The van der Waals surface area contributed by atoms with Gasteiger partial charge >= 0.3 is 0 Å². The van der Waals surface area contributed by atoms with Gasteiger partial charge in [-0.1, -0.05) is 18.2 Å². The van der Waals surface area contributed by atoms with Gasteiger partial charge in [0.25, 0.3) is 0 Å². The van der Waals surface area contributed by atoms with Crippen molar-refractivity contribution < 1.29 is 13.5 Å². The maximum absolute atomic E-state index is 12.5. The van der Waals surface area contributed by atoms with E-state index in [2.05, 4.69) is 15.9 Å². The van der Waals surface area contributed by atoms with Gasteiger partial charge < -0.3 is 5.11 Å². The fraction of sp³-hybridized carbons (Fsp3) is 0.231. The van der Waals surface area contributed by atoms with Gasteiger partial charge in [0.15, 0.2) is 0 Å². The fourth-order valence-electron chi connectivity index (χ4n) is 1.82. The number of aromatic hydroxyl groups is 1. The molecular formula is C13H14BrNO3S2. The Hall–Kier alpha value is -0.890. The second kappa shape index (κ2) is 5.85. The first-order valence-electron chi connectivity index (χ1n) is 5.81. The van der Waals surface area contributed by atoms with Gasteiger partial charge in [-0.05, 0) is 35.0 Å². The molecule has 0 saturated carbocycles. The average molecular weight is 376 g/mol. The van der Waals surface area contributed by atoms with Crippen LogP contribution >= 0.6 is 27.3 Å². The van der Waals surface area contributed by atoms with E-state index in [9.17, 15) is 13.5 Å². The number of phenols is 1. The predicted molar refractivity (Wildman–Crippen MR) is 83.5 cm³/mol. The maximum atomic E-state index is 12.5. The Morgan fingerprint density at radius 3 is 2.55 bits per heavy atom. The monoisotopic (exact) mass is 375 g/mol. The van der Waals surface area contributed by atoms with Crippen LogP contribution in [0.5, 0.6) is 5.75 Å². The Labute approximate surface area is 130 Å². The number of hydrogen-bond donors (Lipinski definition) is 1. The topological polar surface area (TPSA) is 57.6 Å². The van der Waals surface area contributed by atoms with Crippen molar-refractivity contribution >= 4 is 37.3 Å². The van der Waals surface area contributed by atoms with E-state index in [-0.39, 0.29) is 12.3 Å². The number of benzene rings is 1. The molecule has 108 valence electrons. The second-order valence-electron chi connectivity index (χ2n) is 4.36. The van der Waals surface area contributed by atoms with Crippen molar-refractivity contribution in [2.45, 2.75) is 18.4 Å². The molecule has 0 saturated heterocycles. The van der Waals surface area contributed by atoms with Crippen LogP contribution in [0.25, 0.3) is 0 Å². The quantitative estimate of drug-likeness (QED) is 0.891. The minimum atomic E-state index is -3.56. The zero-order chi connectivity index (χ0) is 14.9. The molecule has 1 heterocycles. The lowest BCUT2D eigenvalue weighted by molar-refractivity contribution is 0.436. The molecule has 1 aromatic carbocycles. The van der Waals surface area contributed by atoms with E-state index >= 15 is 0 Å². The van der Waals surface area contributed by atoms with Crippen LogP contribution in [0, 0.1) is 6.92 Å². The number of aryl methyl sites for hydroxylation is 1. The SMILES string of the molecule is Cc1sc(Br)cc1S(=O)(=O)N(C)Cc1ccccc1O. The van der Waals surface area contributed by atoms with E-state index in [4.69, 9.17) is 0 Å². The third kappa shape index (κ3) is 3.06. The molecule has 0 radical (unpaired) electrons. The zero-order valence-corrected chi connectivity index (χ0v) is 14.2. The summed E-state index contributed by atoms with van der Waals surface area (Å²) in [4.78, 5) is 1.04. The number of hydrogen-bond acceptors (Lipinski definition) is 4. The Morgan fingerprint density at radius 1 is 1.35 bits per heavy atom. The van der Waals surface area contributed by atoms with Gasteiger partial charge in [0.2, 0.25) is 10.0 Å². The van der Waals surface area contributed by atoms with E-state index in [0.717, 1.165) is 8.66 Å². The van der Waals surface area contributed by atoms with Crippen molar-refractivity contribution in [1.29, 1.82) is 0 Å². The lowest BCUT2D eigenvalue weighted by Crippen LogP contribution is -2.26. The molecular weight excluding hydrogens is 362 g/mol. The van der Waals surface area contributed by atoms with Crippen LogP contribution < -0.4 is 0 Å². The van der Waals surface area contributed by atoms with Crippen LogP contribution in [0.3, 0.4) is 0 Å². The predicted octanol–water partition coefficient (Wildman–Crippen LogP) is 3.35. The Bertz CT molecular complexity index is 725. The van der Waals surface area contributed by atoms with Gasteiger partial charge in [-0.25, -0.2) is 8.42 Å². The molecule has 2 aromatic rings. The van der Waals surface area contributed by atoms with E-state index in [1.165, 1.54) is 22.7 Å². The molecule has 0 bridgehead atoms. The lowest BCUT2D eigenvalue weighted by atomic mass is 10.2. The largest absolute Gasteiger partial charge is 0.508 e. The molecule has 4 nitrogen and oxygen atoms in total. The summed E-state index contributed by atoms with van der Waals surface area (Å²) in [6.45, 7) is 1.90. The van der Waals surface area contributed by atoms with Crippen molar-refractivity contribution in [3.63, 3.8) is 0 Å². The summed E-state index contributed by atoms with van der Waals surface area (Å²) in [5, 5.41) is 9.73. The first-order chi connectivity index (χ1) is 9.32. The number of sulfonamides is 1. The number of rotatable bonds is 4. The Kier molecular flexibility index (Phi) is 4.53. The van der Waals surface area contributed by atoms with Crippen molar-refractivity contribution in [2.24, 2.45) is 0 Å². The molecule has 0 aliphatic carbocycles. The molecule has 0 atom stereocenters. The lowest BCUT2D eigenvalue weighted by Gasteiger charge is -2.17.